The van der Waals surface area contributed by atoms with Crippen LogP contribution >= 0.6 is 23.2 Å². The number of hydrogen-bond acceptors (Lipinski definition) is 2. The Morgan fingerprint density at radius 1 is 1.10 bits per heavy atom. The zero-order valence-electron chi connectivity index (χ0n) is 13.8. The van der Waals surface area contributed by atoms with Crippen LogP contribution < -0.4 is 5.32 Å². The summed E-state index contributed by atoms with van der Waals surface area (Å²) in [6.45, 7) is 7.58. The van der Waals surface area contributed by atoms with Crippen LogP contribution in [0.4, 0.5) is 0 Å². The Bertz CT molecular complexity index is 422. The first-order chi connectivity index (χ1) is 9.92. The highest BCUT2D eigenvalue weighted by molar-refractivity contribution is 6.36. The third kappa shape index (κ3) is 4.13. The molecule has 2 nitrogen and oxygen atoms in total. The lowest BCUT2D eigenvalue weighted by molar-refractivity contribution is 0.0889. The van der Waals surface area contributed by atoms with Gasteiger partial charge in [0.05, 0.1) is 0 Å². The Balaban J connectivity index is 3.17. The molecule has 0 saturated carbocycles. The zero-order chi connectivity index (χ0) is 16.0. The van der Waals surface area contributed by atoms with E-state index < -0.39 is 0 Å². The summed E-state index contributed by atoms with van der Waals surface area (Å²) >= 11 is 12.7. The normalized spacial score (nSPS) is 13.7. The summed E-state index contributed by atoms with van der Waals surface area (Å²) in [5, 5.41) is 5.16. The summed E-state index contributed by atoms with van der Waals surface area (Å²) < 4.78 is 0. The molecule has 0 saturated heterocycles. The molecule has 1 rings (SSSR count). The lowest BCUT2D eigenvalue weighted by atomic mass is 9.80. The molecule has 0 radical (unpaired) electrons. The highest BCUT2D eigenvalue weighted by atomic mass is 35.5. The molecule has 0 amide bonds. The van der Waals surface area contributed by atoms with E-state index in [1.54, 1.807) is 0 Å². The van der Waals surface area contributed by atoms with Gasteiger partial charge in [-0.1, -0.05) is 50.0 Å². The van der Waals surface area contributed by atoms with Crippen molar-refractivity contribution in [1.82, 2.24) is 10.2 Å². The van der Waals surface area contributed by atoms with E-state index in [9.17, 15) is 0 Å². The van der Waals surface area contributed by atoms with E-state index >= 15 is 0 Å². The van der Waals surface area contributed by atoms with Gasteiger partial charge in [0, 0.05) is 21.6 Å². The third-order valence-corrected chi connectivity index (χ3v) is 5.39. The van der Waals surface area contributed by atoms with Crippen molar-refractivity contribution >= 4 is 23.2 Å². The first-order valence-electron chi connectivity index (χ1n) is 7.76. The van der Waals surface area contributed by atoms with Crippen molar-refractivity contribution in [2.24, 2.45) is 0 Å². The minimum atomic E-state index is 0.0957. The molecule has 0 aromatic heterocycles. The molecule has 0 aliphatic carbocycles. The average molecular weight is 331 g/mol. The SMILES string of the molecule is CCNC(Cc1c(Cl)cccc1Cl)C(CC)(CC)N(C)C. The zero-order valence-corrected chi connectivity index (χ0v) is 15.4. The van der Waals surface area contributed by atoms with Crippen LogP contribution in [0.3, 0.4) is 0 Å². The second kappa shape index (κ2) is 8.38. The number of hydrogen-bond donors (Lipinski definition) is 1. The third-order valence-electron chi connectivity index (χ3n) is 4.68. The lowest BCUT2D eigenvalue weighted by Gasteiger charge is -2.46. The summed E-state index contributed by atoms with van der Waals surface area (Å²) in [5.74, 6) is 0. The number of likely N-dealkylation sites (N-methyl/N-ethyl adjacent to an activating group) is 2. The Labute approximate surface area is 139 Å². The van der Waals surface area contributed by atoms with Gasteiger partial charge < -0.3 is 10.2 Å². The number of nitrogens with one attached hydrogen (secondary N) is 1. The fraction of sp³-hybridized carbons (Fsp3) is 0.647. The van der Waals surface area contributed by atoms with Gasteiger partial charge in [-0.05, 0) is 57.6 Å². The Morgan fingerprint density at radius 3 is 2.00 bits per heavy atom. The molecule has 1 aromatic rings. The van der Waals surface area contributed by atoms with Crippen LogP contribution in [0.1, 0.15) is 39.2 Å². The summed E-state index contributed by atoms with van der Waals surface area (Å²) in [5.41, 5.74) is 1.14. The molecule has 1 unspecified atom stereocenters. The summed E-state index contributed by atoms with van der Waals surface area (Å²) in [6.07, 6.45) is 3.00. The highest BCUT2D eigenvalue weighted by Crippen LogP contribution is 2.32. The highest BCUT2D eigenvalue weighted by Gasteiger charge is 2.37. The summed E-state index contributed by atoms with van der Waals surface area (Å²) in [7, 11) is 4.32. The number of rotatable bonds is 8. The Hall–Kier alpha value is -0.280. The maximum atomic E-state index is 6.36. The van der Waals surface area contributed by atoms with Crippen LogP contribution in [0.25, 0.3) is 0 Å². The fourth-order valence-electron chi connectivity index (χ4n) is 3.32. The lowest BCUT2D eigenvalue weighted by Crippen LogP contribution is -2.59. The van der Waals surface area contributed by atoms with E-state index in [-0.39, 0.29) is 5.54 Å². The van der Waals surface area contributed by atoms with Gasteiger partial charge in [-0.3, -0.25) is 0 Å². The van der Waals surface area contributed by atoms with Crippen molar-refractivity contribution in [2.75, 3.05) is 20.6 Å². The molecule has 0 bridgehead atoms. The number of benzene rings is 1. The topological polar surface area (TPSA) is 15.3 Å². The first-order valence-corrected chi connectivity index (χ1v) is 8.52. The van der Waals surface area contributed by atoms with Crippen LogP contribution in [0, 0.1) is 0 Å². The van der Waals surface area contributed by atoms with Crippen molar-refractivity contribution in [3.63, 3.8) is 0 Å². The van der Waals surface area contributed by atoms with Crippen molar-refractivity contribution in [3.05, 3.63) is 33.8 Å². The van der Waals surface area contributed by atoms with Gasteiger partial charge >= 0.3 is 0 Å². The second-order valence-corrected chi connectivity index (χ2v) is 6.53. The fourth-order valence-corrected chi connectivity index (χ4v) is 3.87. The van der Waals surface area contributed by atoms with Crippen LogP contribution in [0.5, 0.6) is 0 Å². The molecule has 0 aliphatic rings. The standard InChI is InChI=1S/C17H28Cl2N2/c1-6-17(7-2,21(4)5)16(20-8-3)12-13-14(18)10-9-11-15(13)19/h9-11,16,20H,6-8,12H2,1-5H3. The predicted octanol–water partition coefficient (Wildman–Crippen LogP) is 4.63. The molecule has 1 aromatic carbocycles. The molecular formula is C17H28Cl2N2. The van der Waals surface area contributed by atoms with Crippen molar-refractivity contribution in [3.8, 4) is 0 Å². The molecule has 21 heavy (non-hydrogen) atoms. The van der Waals surface area contributed by atoms with Crippen molar-refractivity contribution < 1.29 is 0 Å². The molecule has 0 heterocycles. The van der Waals surface area contributed by atoms with E-state index in [4.69, 9.17) is 23.2 Å². The first kappa shape index (κ1) is 18.8. The van der Waals surface area contributed by atoms with Gasteiger partial charge in [-0.25, -0.2) is 0 Å². The molecular weight excluding hydrogens is 303 g/mol. The van der Waals surface area contributed by atoms with Crippen molar-refractivity contribution in [1.29, 1.82) is 0 Å². The van der Waals surface area contributed by atoms with Gasteiger partial charge in [-0.15, -0.1) is 0 Å². The molecule has 1 atom stereocenters. The predicted molar refractivity (Wildman–Crippen MR) is 94.6 cm³/mol. The number of nitrogens with zero attached hydrogens (tertiary/aromatic N) is 1. The quantitative estimate of drug-likeness (QED) is 0.747. The van der Waals surface area contributed by atoms with Crippen LogP contribution in [-0.4, -0.2) is 37.1 Å². The summed E-state index contributed by atoms with van der Waals surface area (Å²) in [4.78, 5) is 2.34. The van der Waals surface area contributed by atoms with Crippen LogP contribution in [-0.2, 0) is 6.42 Å². The molecule has 120 valence electrons. The van der Waals surface area contributed by atoms with Gasteiger partial charge in [0.25, 0.3) is 0 Å². The van der Waals surface area contributed by atoms with Crippen LogP contribution in [0.15, 0.2) is 18.2 Å². The van der Waals surface area contributed by atoms with Gasteiger partial charge in [0.1, 0.15) is 0 Å². The Morgan fingerprint density at radius 2 is 1.62 bits per heavy atom. The molecule has 0 fully saturated rings. The molecule has 4 heteroatoms. The average Bonchev–Trinajstić information content (AvgIpc) is 2.44. The Kier molecular flexibility index (Phi) is 7.49. The maximum absolute atomic E-state index is 6.36. The largest absolute Gasteiger partial charge is 0.312 e. The minimum Gasteiger partial charge on any atom is -0.312 e. The van der Waals surface area contributed by atoms with E-state index in [1.165, 1.54) is 0 Å². The second-order valence-electron chi connectivity index (χ2n) is 5.72. The van der Waals surface area contributed by atoms with Gasteiger partial charge in [0.15, 0.2) is 0 Å². The maximum Gasteiger partial charge on any atom is 0.0453 e. The van der Waals surface area contributed by atoms with E-state index in [0.717, 1.165) is 41.4 Å². The van der Waals surface area contributed by atoms with Crippen LogP contribution in [0.2, 0.25) is 10.0 Å². The molecule has 0 spiro atoms. The van der Waals surface area contributed by atoms with E-state index in [0.29, 0.717) is 6.04 Å². The van der Waals surface area contributed by atoms with E-state index in [2.05, 4.69) is 45.1 Å². The molecule has 1 N–H and O–H groups in total. The van der Waals surface area contributed by atoms with Gasteiger partial charge in [0.2, 0.25) is 0 Å². The summed E-state index contributed by atoms with van der Waals surface area (Å²) in [6, 6.07) is 6.04. The minimum absolute atomic E-state index is 0.0957. The van der Waals surface area contributed by atoms with Crippen molar-refractivity contribution in [2.45, 2.75) is 51.6 Å². The number of halogens is 2. The smallest absolute Gasteiger partial charge is 0.0453 e. The molecule has 0 aliphatic heterocycles. The van der Waals surface area contributed by atoms with Gasteiger partial charge in [-0.2, -0.15) is 0 Å². The van der Waals surface area contributed by atoms with E-state index in [1.807, 2.05) is 18.2 Å². The monoisotopic (exact) mass is 330 g/mol.